The first-order valence-corrected chi connectivity index (χ1v) is 6.10. The van der Waals surface area contributed by atoms with Gasteiger partial charge in [-0.3, -0.25) is 4.90 Å². The molecule has 1 fully saturated rings. The van der Waals surface area contributed by atoms with Crippen molar-refractivity contribution in [1.82, 2.24) is 14.5 Å². The molecular formula is C11H18N4S. The van der Waals surface area contributed by atoms with Gasteiger partial charge >= 0.3 is 0 Å². The number of thiocarbonyl (C=S) groups is 1. The van der Waals surface area contributed by atoms with Gasteiger partial charge in [-0.1, -0.05) is 12.2 Å². The molecule has 0 radical (unpaired) electrons. The van der Waals surface area contributed by atoms with Crippen molar-refractivity contribution >= 4 is 17.2 Å². The fourth-order valence-electron chi connectivity index (χ4n) is 2.29. The normalized spacial score (nSPS) is 21.4. The van der Waals surface area contributed by atoms with Crippen LogP contribution in [0, 0.1) is 6.92 Å². The van der Waals surface area contributed by atoms with Gasteiger partial charge in [0.1, 0.15) is 5.82 Å². The molecule has 2 N–H and O–H groups in total. The van der Waals surface area contributed by atoms with Gasteiger partial charge in [-0.2, -0.15) is 0 Å². The highest BCUT2D eigenvalue weighted by molar-refractivity contribution is 7.80. The van der Waals surface area contributed by atoms with Crippen molar-refractivity contribution in [1.29, 1.82) is 0 Å². The van der Waals surface area contributed by atoms with E-state index in [1.807, 2.05) is 19.3 Å². The van der Waals surface area contributed by atoms with E-state index >= 15 is 0 Å². The average molecular weight is 238 g/mol. The molecule has 1 aromatic rings. The largest absolute Gasteiger partial charge is 0.392 e. The summed E-state index contributed by atoms with van der Waals surface area (Å²) < 4.78 is 2.16. The lowest BCUT2D eigenvalue weighted by Crippen LogP contribution is -2.40. The predicted octanol–water partition coefficient (Wildman–Crippen LogP) is 0.942. The zero-order valence-electron chi connectivity index (χ0n) is 9.59. The Hall–Kier alpha value is -0.940. The molecule has 2 heterocycles. The Bertz CT molecular complexity index is 374. The van der Waals surface area contributed by atoms with Crippen LogP contribution >= 0.6 is 12.2 Å². The summed E-state index contributed by atoms with van der Waals surface area (Å²) in [5.41, 5.74) is 5.74. The van der Waals surface area contributed by atoms with Crippen LogP contribution in [0.15, 0.2) is 12.4 Å². The molecule has 16 heavy (non-hydrogen) atoms. The first-order valence-electron chi connectivity index (χ1n) is 5.69. The maximum atomic E-state index is 5.74. The minimum atomic E-state index is 0.304. The van der Waals surface area contributed by atoms with Gasteiger partial charge in [0.15, 0.2) is 0 Å². The van der Waals surface area contributed by atoms with E-state index < -0.39 is 0 Å². The molecule has 0 aliphatic carbocycles. The number of imidazole rings is 1. The molecule has 1 atom stereocenters. The molecular weight excluding hydrogens is 220 g/mol. The summed E-state index contributed by atoms with van der Waals surface area (Å²) >= 11 is 5.09. The third-order valence-corrected chi connectivity index (χ3v) is 3.52. The molecule has 0 aromatic carbocycles. The van der Waals surface area contributed by atoms with E-state index in [2.05, 4.69) is 14.5 Å². The summed E-state index contributed by atoms with van der Waals surface area (Å²) in [6, 6.07) is 0.304. The van der Waals surface area contributed by atoms with Crippen molar-refractivity contribution < 1.29 is 0 Å². The number of hydrogen-bond donors (Lipinski definition) is 1. The van der Waals surface area contributed by atoms with E-state index in [0.717, 1.165) is 31.9 Å². The fraction of sp³-hybridized carbons (Fsp3) is 0.636. The Morgan fingerprint density at radius 2 is 2.44 bits per heavy atom. The fourth-order valence-corrected chi connectivity index (χ4v) is 2.56. The third-order valence-electron chi connectivity index (χ3n) is 3.24. The lowest BCUT2D eigenvalue weighted by molar-refractivity contribution is 0.289. The van der Waals surface area contributed by atoms with Crippen LogP contribution in [-0.4, -0.2) is 38.6 Å². The van der Waals surface area contributed by atoms with Crippen molar-refractivity contribution in [2.75, 3.05) is 13.1 Å². The van der Waals surface area contributed by atoms with E-state index in [4.69, 9.17) is 18.0 Å². The van der Waals surface area contributed by atoms with Gasteiger partial charge in [-0.15, -0.1) is 0 Å². The molecule has 0 spiro atoms. The molecule has 0 bridgehead atoms. The average Bonchev–Trinajstić information content (AvgIpc) is 2.83. The molecule has 1 aliphatic heterocycles. The zero-order chi connectivity index (χ0) is 11.5. The second kappa shape index (κ2) is 4.93. The van der Waals surface area contributed by atoms with Crippen molar-refractivity contribution in [3.63, 3.8) is 0 Å². The molecule has 0 amide bonds. The van der Waals surface area contributed by atoms with Gasteiger partial charge < -0.3 is 10.3 Å². The highest BCUT2D eigenvalue weighted by atomic mass is 32.1. The molecule has 0 saturated carbocycles. The second-order valence-electron chi connectivity index (χ2n) is 4.26. The van der Waals surface area contributed by atoms with E-state index in [9.17, 15) is 0 Å². The van der Waals surface area contributed by atoms with Crippen molar-refractivity contribution in [2.45, 2.75) is 32.4 Å². The number of nitrogens with two attached hydrogens (primary N) is 1. The molecule has 1 saturated heterocycles. The van der Waals surface area contributed by atoms with Gasteiger partial charge in [0.2, 0.25) is 0 Å². The molecule has 1 aromatic heterocycles. The van der Waals surface area contributed by atoms with Gasteiger partial charge in [0.25, 0.3) is 0 Å². The van der Waals surface area contributed by atoms with Gasteiger partial charge in [0.05, 0.1) is 11.0 Å². The Morgan fingerprint density at radius 1 is 1.62 bits per heavy atom. The van der Waals surface area contributed by atoms with Gasteiger partial charge in [0, 0.05) is 25.5 Å². The Kier molecular flexibility index (Phi) is 3.56. The quantitative estimate of drug-likeness (QED) is 0.793. The minimum Gasteiger partial charge on any atom is -0.392 e. The monoisotopic (exact) mass is 238 g/mol. The van der Waals surface area contributed by atoms with E-state index in [1.54, 1.807) is 0 Å². The maximum absolute atomic E-state index is 5.74. The van der Waals surface area contributed by atoms with E-state index in [-0.39, 0.29) is 0 Å². The maximum Gasteiger partial charge on any atom is 0.105 e. The SMILES string of the molecule is Cc1nccn1CCN1CCCC1C(N)=S. The Labute approximate surface area is 101 Å². The molecule has 1 unspecified atom stereocenters. The Balaban J connectivity index is 1.90. The number of hydrogen-bond acceptors (Lipinski definition) is 3. The van der Waals surface area contributed by atoms with Crippen molar-refractivity contribution in [3.05, 3.63) is 18.2 Å². The summed E-state index contributed by atoms with van der Waals surface area (Å²) in [6.45, 7) is 5.09. The highest BCUT2D eigenvalue weighted by Crippen LogP contribution is 2.17. The number of nitrogens with zero attached hydrogens (tertiary/aromatic N) is 3. The topological polar surface area (TPSA) is 47.1 Å². The number of likely N-dealkylation sites (tertiary alicyclic amines) is 1. The van der Waals surface area contributed by atoms with Crippen LogP contribution in [0.5, 0.6) is 0 Å². The van der Waals surface area contributed by atoms with E-state index in [1.165, 1.54) is 6.42 Å². The lowest BCUT2D eigenvalue weighted by atomic mass is 10.2. The predicted molar refractivity (Wildman–Crippen MR) is 68.3 cm³/mol. The summed E-state index contributed by atoms with van der Waals surface area (Å²) in [5, 5.41) is 0. The summed E-state index contributed by atoms with van der Waals surface area (Å²) in [6.07, 6.45) is 6.16. The molecule has 88 valence electrons. The van der Waals surface area contributed by atoms with Crippen molar-refractivity contribution in [2.24, 2.45) is 5.73 Å². The standard InChI is InChI=1S/C11H18N4S/c1-9-13-4-6-14(9)7-8-15-5-2-3-10(15)11(12)16/h4,6,10H,2-3,5,7-8H2,1H3,(H2,12,16). The van der Waals surface area contributed by atoms with Crippen LogP contribution in [0.4, 0.5) is 0 Å². The lowest BCUT2D eigenvalue weighted by Gasteiger charge is -2.23. The number of aromatic nitrogens is 2. The Morgan fingerprint density at radius 3 is 3.06 bits per heavy atom. The van der Waals surface area contributed by atoms with Crippen LogP contribution in [0.3, 0.4) is 0 Å². The highest BCUT2D eigenvalue weighted by Gasteiger charge is 2.25. The zero-order valence-corrected chi connectivity index (χ0v) is 10.4. The summed E-state index contributed by atoms with van der Waals surface area (Å²) in [7, 11) is 0. The molecule has 1 aliphatic rings. The molecule has 5 heteroatoms. The van der Waals surface area contributed by atoms with Gasteiger partial charge in [-0.05, 0) is 26.3 Å². The van der Waals surface area contributed by atoms with Crippen LogP contribution in [-0.2, 0) is 6.54 Å². The first kappa shape index (κ1) is 11.5. The van der Waals surface area contributed by atoms with Crippen LogP contribution in [0.25, 0.3) is 0 Å². The van der Waals surface area contributed by atoms with Crippen molar-refractivity contribution in [3.8, 4) is 0 Å². The van der Waals surface area contributed by atoms with E-state index in [0.29, 0.717) is 11.0 Å². The molecule has 2 rings (SSSR count). The van der Waals surface area contributed by atoms with Crippen LogP contribution < -0.4 is 5.73 Å². The minimum absolute atomic E-state index is 0.304. The van der Waals surface area contributed by atoms with Crippen LogP contribution in [0.2, 0.25) is 0 Å². The molecule has 4 nitrogen and oxygen atoms in total. The van der Waals surface area contributed by atoms with Gasteiger partial charge in [-0.25, -0.2) is 4.98 Å². The summed E-state index contributed by atoms with van der Waals surface area (Å²) in [4.78, 5) is 7.23. The second-order valence-corrected chi connectivity index (χ2v) is 4.74. The number of rotatable bonds is 4. The smallest absolute Gasteiger partial charge is 0.105 e. The first-order chi connectivity index (χ1) is 7.68. The number of aryl methyl sites for hydroxylation is 1. The van der Waals surface area contributed by atoms with Crippen LogP contribution in [0.1, 0.15) is 18.7 Å². The summed E-state index contributed by atoms with van der Waals surface area (Å²) in [5.74, 6) is 1.06. The third kappa shape index (κ3) is 2.41.